The molecule has 4 rings (SSSR count). The Morgan fingerprint density at radius 2 is 1.69 bits per heavy atom. The van der Waals surface area contributed by atoms with Crippen LogP contribution in [-0.2, 0) is 9.59 Å². The van der Waals surface area contributed by atoms with Crippen molar-refractivity contribution in [1.29, 1.82) is 0 Å². The molecule has 1 aliphatic heterocycles. The number of rotatable bonds is 4. The minimum Gasteiger partial charge on any atom is -0.508 e. The monoisotopic (exact) mass is 393 g/mol. The maximum Gasteiger partial charge on any atom is 0.295 e. The molecule has 0 spiro atoms. The maximum absolute atomic E-state index is 13.0. The second-order valence-corrected chi connectivity index (χ2v) is 7.44. The summed E-state index contributed by atoms with van der Waals surface area (Å²) in [6, 6.07) is 12.5. The molecule has 1 heterocycles. The Balaban J connectivity index is 1.91. The third-order valence-corrected chi connectivity index (χ3v) is 5.77. The van der Waals surface area contributed by atoms with Crippen LogP contribution in [0.5, 0.6) is 11.5 Å². The van der Waals surface area contributed by atoms with Crippen molar-refractivity contribution in [3.63, 3.8) is 0 Å². The molecule has 1 saturated carbocycles. The number of para-hydroxylation sites is 1. The number of benzene rings is 2. The van der Waals surface area contributed by atoms with E-state index in [2.05, 4.69) is 0 Å². The van der Waals surface area contributed by atoms with E-state index in [-0.39, 0.29) is 23.1 Å². The summed E-state index contributed by atoms with van der Waals surface area (Å²) in [4.78, 5) is 27.6. The number of carbonyl (C=O) groups is 2. The highest BCUT2D eigenvalue weighted by molar-refractivity contribution is 6.46. The van der Waals surface area contributed by atoms with Gasteiger partial charge in [-0.3, -0.25) is 9.59 Å². The van der Waals surface area contributed by atoms with E-state index < -0.39 is 17.7 Å². The number of methoxy groups -OCH3 is 1. The Labute approximate surface area is 169 Å². The van der Waals surface area contributed by atoms with Gasteiger partial charge >= 0.3 is 0 Å². The fraction of sp³-hybridized carbons (Fsp3) is 0.304. The molecule has 150 valence electrons. The van der Waals surface area contributed by atoms with Crippen LogP contribution in [0.2, 0.25) is 0 Å². The van der Waals surface area contributed by atoms with E-state index in [0.717, 1.165) is 25.7 Å². The molecular formula is C23H23NO5. The third-order valence-electron chi connectivity index (χ3n) is 5.77. The molecular weight excluding hydrogens is 370 g/mol. The predicted molar refractivity (Wildman–Crippen MR) is 107 cm³/mol. The molecule has 6 heteroatoms. The summed E-state index contributed by atoms with van der Waals surface area (Å²) in [5, 5.41) is 20.8. The van der Waals surface area contributed by atoms with Gasteiger partial charge in [0.1, 0.15) is 17.3 Å². The van der Waals surface area contributed by atoms with Gasteiger partial charge in [0.25, 0.3) is 11.7 Å². The highest BCUT2D eigenvalue weighted by Crippen LogP contribution is 2.44. The molecule has 1 unspecified atom stereocenters. The zero-order valence-electron chi connectivity index (χ0n) is 16.2. The van der Waals surface area contributed by atoms with Crippen molar-refractivity contribution in [1.82, 2.24) is 4.90 Å². The lowest BCUT2D eigenvalue weighted by atomic mass is 9.94. The van der Waals surface area contributed by atoms with E-state index in [1.54, 1.807) is 41.3 Å². The molecule has 2 fully saturated rings. The van der Waals surface area contributed by atoms with Crippen LogP contribution in [0.1, 0.15) is 42.9 Å². The fourth-order valence-corrected chi connectivity index (χ4v) is 4.38. The Morgan fingerprint density at radius 3 is 2.34 bits per heavy atom. The second-order valence-electron chi connectivity index (χ2n) is 7.44. The third kappa shape index (κ3) is 3.24. The number of hydrogen-bond donors (Lipinski definition) is 2. The Morgan fingerprint density at radius 1 is 1.03 bits per heavy atom. The Bertz CT molecular complexity index is 973. The molecule has 2 aromatic rings. The van der Waals surface area contributed by atoms with Gasteiger partial charge in [0, 0.05) is 6.04 Å². The first kappa shape index (κ1) is 19.1. The highest BCUT2D eigenvalue weighted by atomic mass is 16.5. The van der Waals surface area contributed by atoms with Crippen LogP contribution in [0.25, 0.3) is 5.76 Å². The van der Waals surface area contributed by atoms with Gasteiger partial charge in [-0.2, -0.15) is 0 Å². The number of ether oxygens (including phenoxy) is 1. The molecule has 1 aliphatic carbocycles. The lowest BCUT2D eigenvalue weighted by Gasteiger charge is -2.30. The van der Waals surface area contributed by atoms with Crippen LogP contribution >= 0.6 is 0 Å². The number of hydrogen-bond acceptors (Lipinski definition) is 5. The summed E-state index contributed by atoms with van der Waals surface area (Å²) in [5.74, 6) is -1.03. The van der Waals surface area contributed by atoms with Gasteiger partial charge in [-0.05, 0) is 42.7 Å². The lowest BCUT2D eigenvalue weighted by Crippen LogP contribution is -2.37. The van der Waals surface area contributed by atoms with Gasteiger partial charge in [0.2, 0.25) is 0 Å². The van der Waals surface area contributed by atoms with E-state index >= 15 is 0 Å². The zero-order chi connectivity index (χ0) is 20.5. The fourth-order valence-electron chi connectivity index (χ4n) is 4.38. The first-order chi connectivity index (χ1) is 14.0. The number of aliphatic hydroxyl groups is 1. The van der Waals surface area contributed by atoms with Crippen LogP contribution < -0.4 is 4.74 Å². The summed E-state index contributed by atoms with van der Waals surface area (Å²) in [6.45, 7) is 0. The number of likely N-dealkylation sites (tertiary alicyclic amines) is 1. The number of nitrogens with zero attached hydrogens (tertiary/aromatic N) is 1. The molecule has 2 N–H and O–H groups in total. The summed E-state index contributed by atoms with van der Waals surface area (Å²) < 4.78 is 5.33. The molecule has 0 radical (unpaired) electrons. The first-order valence-corrected chi connectivity index (χ1v) is 9.75. The van der Waals surface area contributed by atoms with Gasteiger partial charge in [-0.15, -0.1) is 0 Å². The second kappa shape index (κ2) is 7.62. The van der Waals surface area contributed by atoms with Gasteiger partial charge in [0.15, 0.2) is 0 Å². The average molecular weight is 393 g/mol. The molecule has 1 amide bonds. The standard InChI is InChI=1S/C23H23NO5/c1-29-18-9-5-4-8-17(18)21(26)19-20(14-10-12-16(25)13-11-14)24(23(28)22(19)27)15-6-2-3-7-15/h4-5,8-13,15,20,25-26H,2-3,6-7H2,1H3/b21-19-. The van der Waals surface area contributed by atoms with Crippen molar-refractivity contribution >= 4 is 17.4 Å². The number of phenolic OH excluding ortho intramolecular Hbond substituents is 1. The average Bonchev–Trinajstić information content (AvgIpc) is 3.35. The van der Waals surface area contributed by atoms with Gasteiger partial charge < -0.3 is 19.8 Å². The summed E-state index contributed by atoms with van der Waals surface area (Å²) in [7, 11) is 1.49. The highest BCUT2D eigenvalue weighted by Gasteiger charge is 2.49. The van der Waals surface area contributed by atoms with Crippen molar-refractivity contribution < 1.29 is 24.5 Å². The smallest absolute Gasteiger partial charge is 0.295 e. The van der Waals surface area contributed by atoms with Crippen LogP contribution in [0.4, 0.5) is 0 Å². The number of phenols is 1. The normalized spacial score (nSPS) is 21.7. The summed E-state index contributed by atoms with van der Waals surface area (Å²) in [6.07, 6.45) is 3.66. The molecule has 29 heavy (non-hydrogen) atoms. The molecule has 1 saturated heterocycles. The SMILES string of the molecule is COc1ccccc1/C(O)=C1/C(=O)C(=O)N(C2CCCC2)C1c1ccc(O)cc1. The quantitative estimate of drug-likeness (QED) is 0.469. The Hall–Kier alpha value is -3.28. The van der Waals surface area contributed by atoms with Crippen molar-refractivity contribution in [2.24, 2.45) is 0 Å². The number of Topliss-reactive ketones (excluding diaryl/α,β-unsaturated/α-hetero) is 1. The molecule has 2 aromatic carbocycles. The molecule has 0 bridgehead atoms. The Kier molecular flexibility index (Phi) is 5.01. The predicted octanol–water partition coefficient (Wildman–Crippen LogP) is 3.77. The van der Waals surface area contributed by atoms with E-state index in [1.807, 2.05) is 0 Å². The van der Waals surface area contributed by atoms with E-state index in [0.29, 0.717) is 16.9 Å². The van der Waals surface area contributed by atoms with Crippen molar-refractivity contribution in [3.05, 3.63) is 65.2 Å². The number of carbonyl (C=O) groups excluding carboxylic acids is 2. The van der Waals surface area contributed by atoms with Crippen molar-refractivity contribution in [2.45, 2.75) is 37.8 Å². The molecule has 0 aromatic heterocycles. The molecule has 2 aliphatic rings. The molecule has 1 atom stereocenters. The van der Waals surface area contributed by atoms with Gasteiger partial charge in [0.05, 0.1) is 24.3 Å². The minimum absolute atomic E-state index is 0.0479. The van der Waals surface area contributed by atoms with E-state index in [1.165, 1.54) is 19.2 Å². The van der Waals surface area contributed by atoms with Gasteiger partial charge in [-0.1, -0.05) is 37.1 Å². The number of amides is 1. The maximum atomic E-state index is 13.0. The van der Waals surface area contributed by atoms with Crippen LogP contribution in [0, 0.1) is 0 Å². The van der Waals surface area contributed by atoms with Crippen molar-refractivity contribution in [3.8, 4) is 11.5 Å². The van der Waals surface area contributed by atoms with Crippen LogP contribution in [0.3, 0.4) is 0 Å². The van der Waals surface area contributed by atoms with Gasteiger partial charge in [-0.25, -0.2) is 0 Å². The number of aromatic hydroxyl groups is 1. The summed E-state index contributed by atoms with van der Waals surface area (Å²) in [5.41, 5.74) is 1.09. The topological polar surface area (TPSA) is 87.1 Å². The molecule has 6 nitrogen and oxygen atoms in total. The van der Waals surface area contributed by atoms with Crippen LogP contribution in [0.15, 0.2) is 54.1 Å². The van der Waals surface area contributed by atoms with E-state index in [4.69, 9.17) is 4.74 Å². The lowest BCUT2D eigenvalue weighted by molar-refractivity contribution is -0.141. The zero-order valence-corrected chi connectivity index (χ0v) is 16.2. The van der Waals surface area contributed by atoms with Crippen LogP contribution in [-0.4, -0.2) is 40.0 Å². The first-order valence-electron chi connectivity index (χ1n) is 9.75. The summed E-state index contributed by atoms with van der Waals surface area (Å²) >= 11 is 0. The number of ketones is 1. The number of aliphatic hydroxyl groups excluding tert-OH is 1. The van der Waals surface area contributed by atoms with E-state index in [9.17, 15) is 19.8 Å². The van der Waals surface area contributed by atoms with Crippen molar-refractivity contribution in [2.75, 3.05) is 7.11 Å². The minimum atomic E-state index is -0.705. The largest absolute Gasteiger partial charge is 0.508 e.